The number of likely N-dealkylation sites (tertiary alicyclic amines) is 2. The molecule has 2 aromatic rings. The van der Waals surface area contributed by atoms with Gasteiger partial charge in [0.05, 0.1) is 23.3 Å². The highest BCUT2D eigenvalue weighted by atomic mass is 16.7. The van der Waals surface area contributed by atoms with E-state index in [1.165, 1.54) is 25.7 Å². The van der Waals surface area contributed by atoms with Gasteiger partial charge in [0.15, 0.2) is 12.5 Å². The second-order valence-corrected chi connectivity index (χ2v) is 9.61. The van der Waals surface area contributed by atoms with E-state index in [4.69, 9.17) is 9.68 Å². The summed E-state index contributed by atoms with van der Waals surface area (Å²) in [7, 11) is 0. The molecule has 2 fully saturated rings. The molecule has 172 valence electrons. The minimum atomic E-state index is -0.0143. The summed E-state index contributed by atoms with van der Waals surface area (Å²) < 4.78 is 0. The molecule has 0 amide bonds. The summed E-state index contributed by atoms with van der Waals surface area (Å²) in [4.78, 5) is 17.2. The summed E-state index contributed by atoms with van der Waals surface area (Å²) >= 11 is 0. The third kappa shape index (κ3) is 4.06. The van der Waals surface area contributed by atoms with Crippen LogP contribution in [0, 0.1) is 11.8 Å². The molecule has 4 aliphatic heterocycles. The van der Waals surface area contributed by atoms with Crippen LogP contribution in [0.3, 0.4) is 0 Å². The molecule has 6 heteroatoms. The molecule has 2 aromatic carbocycles. The lowest BCUT2D eigenvalue weighted by molar-refractivity contribution is -0.0701. The second-order valence-electron chi connectivity index (χ2n) is 9.61. The van der Waals surface area contributed by atoms with Crippen LogP contribution in [0.25, 0.3) is 0 Å². The smallest absolute Gasteiger partial charge is 0.189 e. The van der Waals surface area contributed by atoms with Gasteiger partial charge in [-0.1, -0.05) is 71.0 Å². The Balaban J connectivity index is 1.34. The Morgan fingerprint density at radius 3 is 1.39 bits per heavy atom. The van der Waals surface area contributed by atoms with E-state index in [1.807, 2.05) is 0 Å². The fraction of sp³-hybridized carbons (Fsp3) is 0.481. The highest BCUT2D eigenvalue weighted by Crippen LogP contribution is 2.38. The lowest BCUT2D eigenvalue weighted by atomic mass is 9.82. The molecule has 4 aliphatic rings. The van der Waals surface area contributed by atoms with Crippen molar-refractivity contribution in [1.29, 1.82) is 0 Å². The zero-order valence-corrected chi connectivity index (χ0v) is 19.1. The monoisotopic (exact) mass is 444 g/mol. The SMILES string of the molecule is c1ccc(C2=NO[C@@H](N3CCCC3)[C@@H]2C[C@H]2C(c3ccccc3)=NO[C@@H]2N2CCCC2)cc1. The van der Waals surface area contributed by atoms with Gasteiger partial charge in [-0.15, -0.1) is 0 Å². The summed E-state index contributed by atoms with van der Waals surface area (Å²) in [5, 5.41) is 9.31. The van der Waals surface area contributed by atoms with Crippen LogP contribution in [0.4, 0.5) is 0 Å². The van der Waals surface area contributed by atoms with Gasteiger partial charge < -0.3 is 9.68 Å². The molecule has 2 saturated heterocycles. The number of oxime groups is 2. The molecule has 0 radical (unpaired) electrons. The summed E-state index contributed by atoms with van der Waals surface area (Å²) in [6, 6.07) is 21.0. The number of rotatable bonds is 6. The van der Waals surface area contributed by atoms with Crippen molar-refractivity contribution >= 4 is 11.4 Å². The molecule has 0 bridgehead atoms. The molecular weight excluding hydrogens is 412 g/mol. The van der Waals surface area contributed by atoms with E-state index >= 15 is 0 Å². The first kappa shape index (κ1) is 20.9. The van der Waals surface area contributed by atoms with Crippen LogP contribution in [0.15, 0.2) is 71.0 Å². The minimum absolute atomic E-state index is 0.0143. The van der Waals surface area contributed by atoms with Gasteiger partial charge in [-0.2, -0.15) is 0 Å². The van der Waals surface area contributed by atoms with Crippen molar-refractivity contribution in [2.75, 3.05) is 26.2 Å². The fourth-order valence-corrected chi connectivity index (χ4v) is 5.89. The lowest BCUT2D eigenvalue weighted by Gasteiger charge is -2.32. The highest BCUT2D eigenvalue weighted by molar-refractivity contribution is 6.05. The summed E-state index contributed by atoms with van der Waals surface area (Å²) in [6.07, 6.45) is 5.79. The standard InChI is InChI=1S/C27H32N4O2/c1-3-11-20(12-4-1)24-22(26(32-28-24)30-15-7-8-16-30)19-23-25(21-13-5-2-6-14-21)29-33-27(23)31-17-9-10-18-31/h1-6,11-14,22-23,26-27H,7-10,15-19H2/t22-,23+,26-,27+. The summed E-state index contributed by atoms with van der Waals surface area (Å²) in [6.45, 7) is 4.31. The quantitative estimate of drug-likeness (QED) is 0.666. The maximum absolute atomic E-state index is 6.15. The molecule has 0 saturated carbocycles. The van der Waals surface area contributed by atoms with Crippen molar-refractivity contribution in [1.82, 2.24) is 9.80 Å². The second kappa shape index (κ2) is 9.27. The molecule has 33 heavy (non-hydrogen) atoms. The molecule has 0 spiro atoms. The predicted octanol–water partition coefficient (Wildman–Crippen LogP) is 4.32. The van der Waals surface area contributed by atoms with E-state index < -0.39 is 0 Å². The van der Waals surface area contributed by atoms with Crippen molar-refractivity contribution in [3.63, 3.8) is 0 Å². The lowest BCUT2D eigenvalue weighted by Crippen LogP contribution is -2.45. The van der Waals surface area contributed by atoms with Gasteiger partial charge in [0.25, 0.3) is 0 Å². The van der Waals surface area contributed by atoms with Gasteiger partial charge in [0, 0.05) is 26.2 Å². The van der Waals surface area contributed by atoms with E-state index in [1.54, 1.807) is 0 Å². The van der Waals surface area contributed by atoms with Crippen LogP contribution in [0.5, 0.6) is 0 Å². The Hall–Kier alpha value is -2.70. The number of hydrogen-bond donors (Lipinski definition) is 0. The maximum Gasteiger partial charge on any atom is 0.189 e. The average molecular weight is 445 g/mol. The molecule has 0 N–H and O–H groups in total. The van der Waals surface area contributed by atoms with Gasteiger partial charge in [-0.05, 0) is 43.2 Å². The third-order valence-electron chi connectivity index (χ3n) is 7.56. The molecule has 0 aliphatic carbocycles. The Labute approximate surface area is 195 Å². The number of hydrogen-bond acceptors (Lipinski definition) is 6. The van der Waals surface area contributed by atoms with E-state index in [-0.39, 0.29) is 24.3 Å². The topological polar surface area (TPSA) is 49.7 Å². The van der Waals surface area contributed by atoms with Crippen LogP contribution < -0.4 is 0 Å². The Bertz CT molecular complexity index is 916. The molecular formula is C27H32N4O2. The fourth-order valence-electron chi connectivity index (χ4n) is 5.89. The number of benzene rings is 2. The van der Waals surface area contributed by atoms with Crippen LogP contribution >= 0.6 is 0 Å². The van der Waals surface area contributed by atoms with Crippen molar-refractivity contribution < 1.29 is 9.68 Å². The van der Waals surface area contributed by atoms with Crippen LogP contribution in [0.1, 0.15) is 43.2 Å². The van der Waals surface area contributed by atoms with Gasteiger partial charge in [0.1, 0.15) is 0 Å². The molecule has 0 unspecified atom stereocenters. The van der Waals surface area contributed by atoms with Crippen LogP contribution in [0.2, 0.25) is 0 Å². The van der Waals surface area contributed by atoms with Crippen molar-refractivity contribution in [2.24, 2.45) is 22.1 Å². The van der Waals surface area contributed by atoms with Crippen molar-refractivity contribution in [3.05, 3.63) is 71.8 Å². The van der Waals surface area contributed by atoms with Gasteiger partial charge in [-0.3, -0.25) is 9.80 Å². The van der Waals surface area contributed by atoms with E-state index in [9.17, 15) is 0 Å². The minimum Gasteiger partial charge on any atom is -0.375 e. The predicted molar refractivity (Wildman–Crippen MR) is 129 cm³/mol. The Morgan fingerprint density at radius 2 is 1.00 bits per heavy atom. The summed E-state index contributed by atoms with van der Waals surface area (Å²) in [5.41, 5.74) is 4.43. The van der Waals surface area contributed by atoms with Gasteiger partial charge >= 0.3 is 0 Å². The first-order valence-corrected chi connectivity index (χ1v) is 12.4. The molecule has 0 aromatic heterocycles. The maximum atomic E-state index is 6.15. The van der Waals surface area contributed by atoms with Crippen molar-refractivity contribution in [2.45, 2.75) is 44.6 Å². The van der Waals surface area contributed by atoms with E-state index in [0.29, 0.717) is 0 Å². The first-order valence-electron chi connectivity index (χ1n) is 12.4. The molecule has 6 rings (SSSR count). The molecule has 4 atom stereocenters. The largest absolute Gasteiger partial charge is 0.375 e. The van der Waals surface area contributed by atoms with E-state index in [0.717, 1.165) is 55.2 Å². The van der Waals surface area contributed by atoms with Gasteiger partial charge in [-0.25, -0.2) is 0 Å². The van der Waals surface area contributed by atoms with Crippen LogP contribution in [-0.2, 0) is 9.68 Å². The average Bonchev–Trinajstić information content (AvgIpc) is 3.67. The zero-order valence-electron chi connectivity index (χ0n) is 19.1. The summed E-state index contributed by atoms with van der Waals surface area (Å²) in [5.74, 6) is 0.354. The molecule has 6 nitrogen and oxygen atoms in total. The zero-order chi connectivity index (χ0) is 22.0. The first-order chi connectivity index (χ1) is 16.4. The Morgan fingerprint density at radius 1 is 0.606 bits per heavy atom. The van der Waals surface area contributed by atoms with E-state index in [2.05, 4.69) is 80.8 Å². The normalized spacial score (nSPS) is 30.2. The van der Waals surface area contributed by atoms with Gasteiger partial charge in [0.2, 0.25) is 0 Å². The van der Waals surface area contributed by atoms with Crippen molar-refractivity contribution in [3.8, 4) is 0 Å². The third-order valence-corrected chi connectivity index (χ3v) is 7.56. The molecule has 4 heterocycles. The highest BCUT2D eigenvalue weighted by Gasteiger charge is 2.47. The number of nitrogens with zero attached hydrogens (tertiary/aromatic N) is 4. The Kier molecular flexibility index (Phi) is 5.87. The van der Waals surface area contributed by atoms with Crippen LogP contribution in [-0.4, -0.2) is 59.9 Å².